The van der Waals surface area contributed by atoms with Gasteiger partial charge in [-0.05, 0) is 61.2 Å². The van der Waals surface area contributed by atoms with Crippen molar-refractivity contribution in [2.45, 2.75) is 33.2 Å². The van der Waals surface area contributed by atoms with Crippen molar-refractivity contribution in [3.05, 3.63) is 84.1 Å². The van der Waals surface area contributed by atoms with Gasteiger partial charge in [-0.3, -0.25) is 0 Å². The topological polar surface area (TPSA) is 103 Å². The molecule has 5 aromatic rings. The predicted molar refractivity (Wildman–Crippen MR) is 135 cm³/mol. The van der Waals surface area contributed by atoms with E-state index >= 15 is 0 Å². The Labute approximate surface area is 198 Å². The van der Waals surface area contributed by atoms with E-state index in [2.05, 4.69) is 57.3 Å². The molecule has 0 fully saturated rings. The minimum Gasteiger partial charge on any atom is -0.464 e. The van der Waals surface area contributed by atoms with E-state index in [1.54, 1.807) is 12.4 Å². The average molecular weight is 451 g/mol. The Kier molecular flexibility index (Phi) is 5.67. The molecule has 0 radical (unpaired) electrons. The Balaban J connectivity index is 1.42. The molecule has 1 unspecified atom stereocenters. The normalized spacial score (nSPS) is 12.1. The summed E-state index contributed by atoms with van der Waals surface area (Å²) in [5, 5.41) is 4.66. The summed E-state index contributed by atoms with van der Waals surface area (Å²) in [6.45, 7) is 6.15. The van der Waals surface area contributed by atoms with Crippen molar-refractivity contribution < 1.29 is 4.42 Å². The number of benzene rings is 2. The van der Waals surface area contributed by atoms with Gasteiger partial charge in [-0.15, -0.1) is 0 Å². The molecule has 2 aromatic carbocycles. The summed E-state index contributed by atoms with van der Waals surface area (Å²) in [5.74, 6) is 1.75. The van der Waals surface area contributed by atoms with E-state index < -0.39 is 0 Å². The summed E-state index contributed by atoms with van der Waals surface area (Å²) in [6.07, 6.45) is 6.23. The number of nitrogen functional groups attached to an aromatic ring is 1. The highest BCUT2D eigenvalue weighted by Gasteiger charge is 2.12. The molecular weight excluding hydrogens is 424 g/mol. The lowest BCUT2D eigenvalue weighted by atomic mass is 10.0. The van der Waals surface area contributed by atoms with Gasteiger partial charge in [-0.1, -0.05) is 25.1 Å². The number of rotatable bonds is 6. The highest BCUT2D eigenvalue weighted by Crippen LogP contribution is 2.29. The van der Waals surface area contributed by atoms with E-state index in [0.29, 0.717) is 5.82 Å². The number of fused-ring (bicyclic) bond motifs is 1. The highest BCUT2D eigenvalue weighted by atomic mass is 16.3. The maximum atomic E-state index is 5.67. The second kappa shape index (κ2) is 8.94. The number of anilines is 2. The molecule has 0 aliphatic rings. The first-order valence-electron chi connectivity index (χ1n) is 11.3. The van der Waals surface area contributed by atoms with Crippen LogP contribution in [0.15, 0.2) is 71.6 Å². The van der Waals surface area contributed by atoms with Crippen LogP contribution in [0.4, 0.5) is 11.8 Å². The number of nitrogens with one attached hydrogen (secondary N) is 1. The smallest absolute Gasteiger partial charge is 0.219 e. The summed E-state index contributed by atoms with van der Waals surface area (Å²) in [7, 11) is 0. The Morgan fingerprint density at radius 3 is 2.59 bits per heavy atom. The maximum absolute atomic E-state index is 5.67. The molecule has 3 aromatic heterocycles. The molecule has 7 nitrogen and oxygen atoms in total. The van der Waals surface area contributed by atoms with E-state index in [4.69, 9.17) is 10.2 Å². The van der Waals surface area contributed by atoms with Crippen LogP contribution in [0.1, 0.15) is 36.8 Å². The van der Waals surface area contributed by atoms with Crippen molar-refractivity contribution >= 4 is 22.7 Å². The molecule has 5 rings (SSSR count). The van der Waals surface area contributed by atoms with E-state index in [0.717, 1.165) is 51.2 Å². The number of furan rings is 1. The van der Waals surface area contributed by atoms with Crippen LogP contribution in [-0.4, -0.2) is 19.9 Å². The van der Waals surface area contributed by atoms with E-state index in [1.807, 2.05) is 43.5 Å². The minimum absolute atomic E-state index is 0.0276. The molecule has 0 aliphatic carbocycles. The zero-order valence-electron chi connectivity index (χ0n) is 19.4. The number of aromatic nitrogens is 4. The van der Waals surface area contributed by atoms with Crippen molar-refractivity contribution in [3.8, 4) is 22.4 Å². The average Bonchev–Trinajstić information content (AvgIpc) is 3.26. The van der Waals surface area contributed by atoms with Gasteiger partial charge in [0.25, 0.3) is 0 Å². The van der Waals surface area contributed by atoms with Gasteiger partial charge in [0.15, 0.2) is 0 Å². The summed E-state index contributed by atoms with van der Waals surface area (Å²) in [6, 6.07) is 16.5. The van der Waals surface area contributed by atoms with Crippen molar-refractivity contribution in [2.24, 2.45) is 0 Å². The lowest BCUT2D eigenvalue weighted by Crippen LogP contribution is -2.09. The number of aryl methyl sites for hydroxylation is 2. The second-order valence-corrected chi connectivity index (χ2v) is 8.33. The van der Waals surface area contributed by atoms with Crippen LogP contribution in [-0.2, 0) is 6.42 Å². The first-order chi connectivity index (χ1) is 16.5. The third-order valence-electron chi connectivity index (χ3n) is 5.92. The number of nitrogens with two attached hydrogens (primary N) is 1. The molecule has 0 amide bonds. The van der Waals surface area contributed by atoms with Crippen LogP contribution < -0.4 is 11.1 Å². The number of hydrogen-bond acceptors (Lipinski definition) is 7. The van der Waals surface area contributed by atoms with Crippen LogP contribution in [0.3, 0.4) is 0 Å². The van der Waals surface area contributed by atoms with Crippen LogP contribution in [0.25, 0.3) is 33.4 Å². The predicted octanol–water partition coefficient (Wildman–Crippen LogP) is 5.97. The van der Waals surface area contributed by atoms with Crippen LogP contribution in [0.2, 0.25) is 0 Å². The van der Waals surface area contributed by atoms with Crippen molar-refractivity contribution in [1.82, 2.24) is 19.9 Å². The number of hydrogen-bond donors (Lipinski definition) is 2. The molecule has 0 bridgehead atoms. The summed E-state index contributed by atoms with van der Waals surface area (Å²) < 4.78 is 5.67. The van der Waals surface area contributed by atoms with Crippen LogP contribution >= 0.6 is 0 Å². The van der Waals surface area contributed by atoms with Gasteiger partial charge in [-0.25, -0.2) is 19.9 Å². The van der Waals surface area contributed by atoms with Crippen molar-refractivity contribution in [2.75, 3.05) is 11.1 Å². The molecule has 3 N–H and O–H groups in total. The van der Waals surface area contributed by atoms with Gasteiger partial charge >= 0.3 is 0 Å². The first-order valence-corrected chi connectivity index (χ1v) is 11.3. The molecule has 0 aliphatic heterocycles. The van der Waals surface area contributed by atoms with Crippen LogP contribution in [0.5, 0.6) is 0 Å². The lowest BCUT2D eigenvalue weighted by molar-refractivity contribution is 0.611. The van der Waals surface area contributed by atoms with Gasteiger partial charge in [0, 0.05) is 41.0 Å². The molecule has 0 spiro atoms. The zero-order chi connectivity index (χ0) is 23.7. The molecule has 0 saturated heterocycles. The molecule has 7 heteroatoms. The van der Waals surface area contributed by atoms with Gasteiger partial charge in [0.1, 0.15) is 17.2 Å². The SMILES string of the molecule is CCc1coc2ccc(-c3cc(NC(C)c4cccc(-c5cnc(N)nc5)c4)nc(C)n3)cc12. The Morgan fingerprint density at radius 1 is 0.971 bits per heavy atom. The maximum Gasteiger partial charge on any atom is 0.219 e. The van der Waals surface area contributed by atoms with Gasteiger partial charge < -0.3 is 15.5 Å². The lowest BCUT2D eigenvalue weighted by Gasteiger charge is -2.17. The zero-order valence-corrected chi connectivity index (χ0v) is 19.4. The van der Waals surface area contributed by atoms with Gasteiger partial charge in [0.2, 0.25) is 5.95 Å². The van der Waals surface area contributed by atoms with Crippen molar-refractivity contribution in [1.29, 1.82) is 0 Å². The molecule has 170 valence electrons. The minimum atomic E-state index is 0.0276. The molecule has 1 atom stereocenters. The molecule has 34 heavy (non-hydrogen) atoms. The second-order valence-electron chi connectivity index (χ2n) is 8.33. The summed E-state index contributed by atoms with van der Waals surface area (Å²) >= 11 is 0. The first kappa shape index (κ1) is 21.6. The Morgan fingerprint density at radius 2 is 1.79 bits per heavy atom. The van der Waals surface area contributed by atoms with E-state index in [-0.39, 0.29) is 12.0 Å². The third-order valence-corrected chi connectivity index (χ3v) is 5.92. The largest absolute Gasteiger partial charge is 0.464 e. The van der Waals surface area contributed by atoms with Gasteiger partial charge in [-0.2, -0.15) is 0 Å². The highest BCUT2D eigenvalue weighted by molar-refractivity contribution is 5.86. The summed E-state index contributed by atoms with van der Waals surface area (Å²) in [5.41, 5.74) is 12.7. The number of nitrogens with zero attached hydrogens (tertiary/aromatic N) is 4. The Bertz CT molecular complexity index is 1460. The summed E-state index contributed by atoms with van der Waals surface area (Å²) in [4.78, 5) is 17.5. The van der Waals surface area contributed by atoms with E-state index in [9.17, 15) is 0 Å². The fourth-order valence-electron chi connectivity index (χ4n) is 4.08. The molecule has 0 saturated carbocycles. The van der Waals surface area contributed by atoms with E-state index in [1.165, 1.54) is 5.56 Å². The fourth-order valence-corrected chi connectivity index (χ4v) is 4.08. The monoisotopic (exact) mass is 450 g/mol. The molecular formula is C27H26N6O. The van der Waals surface area contributed by atoms with Crippen molar-refractivity contribution in [3.63, 3.8) is 0 Å². The van der Waals surface area contributed by atoms with Gasteiger partial charge in [0.05, 0.1) is 12.0 Å². The fraction of sp³-hybridized carbons (Fsp3) is 0.185. The standard InChI is InChI=1S/C27H26N6O/c1-4-18-15-34-25-9-8-21(11-23(18)25)24-12-26(33-17(3)32-24)31-16(2)19-6-5-7-20(10-19)22-13-29-27(28)30-14-22/h5-16H,4H2,1-3H3,(H2,28,29,30)(H,31,32,33). The van der Waals surface area contributed by atoms with Crippen LogP contribution in [0, 0.1) is 6.92 Å². The molecule has 3 heterocycles. The third kappa shape index (κ3) is 4.32. The quantitative estimate of drug-likeness (QED) is 0.328. The Hall–Kier alpha value is -4.26.